The monoisotopic (exact) mass is 716 g/mol. The number of unbranched alkanes of at least 4 members (excludes halogenated alkanes) is 29. The lowest BCUT2D eigenvalue weighted by Crippen LogP contribution is -1.86. The molecule has 2 heteroatoms. The largest absolute Gasteiger partial charge is 0.0710 e. The molecule has 0 aromatic rings. The Morgan fingerprint density at radius 3 is 0.629 bits per heavy atom. The molecular formula is C33H66I2. The first kappa shape index (κ1) is 36.5. The maximum atomic E-state index is 2.54. The van der Waals surface area contributed by atoms with Crippen LogP contribution < -0.4 is 0 Å². The summed E-state index contributed by atoms with van der Waals surface area (Å²) in [6.45, 7) is 2.31. The molecule has 212 valence electrons. The SMILES string of the molecule is CCCCCCCCCCCCCCCCCCCCCCCCCCCCCCCCC(I)I. The molecule has 0 fully saturated rings. The van der Waals surface area contributed by atoms with E-state index in [1.807, 2.05) is 0 Å². The Balaban J connectivity index is 3.01. The van der Waals surface area contributed by atoms with Crippen LogP contribution in [0.3, 0.4) is 0 Å². The van der Waals surface area contributed by atoms with E-state index in [4.69, 9.17) is 0 Å². The summed E-state index contributed by atoms with van der Waals surface area (Å²) in [6, 6.07) is 0. The normalized spacial score (nSPS) is 11.7. The molecule has 0 unspecified atom stereocenters. The molecule has 0 heterocycles. The zero-order chi connectivity index (χ0) is 25.5. The van der Waals surface area contributed by atoms with Crippen molar-refractivity contribution in [2.24, 2.45) is 0 Å². The lowest BCUT2D eigenvalue weighted by atomic mass is 10.0. The number of hydrogen-bond donors (Lipinski definition) is 0. The Hall–Kier alpha value is 1.46. The van der Waals surface area contributed by atoms with E-state index in [-0.39, 0.29) is 0 Å². The van der Waals surface area contributed by atoms with E-state index in [0.29, 0.717) is 0 Å². The molecule has 0 amide bonds. The van der Waals surface area contributed by atoms with E-state index >= 15 is 0 Å². The van der Waals surface area contributed by atoms with Crippen LogP contribution in [0.2, 0.25) is 0 Å². The maximum Gasteiger partial charge on any atom is 0.0626 e. The molecule has 0 saturated carbocycles. The van der Waals surface area contributed by atoms with Crippen LogP contribution in [-0.2, 0) is 0 Å². The van der Waals surface area contributed by atoms with Gasteiger partial charge in [-0.15, -0.1) is 0 Å². The first-order chi connectivity index (χ1) is 17.3. The van der Waals surface area contributed by atoms with Crippen LogP contribution in [-0.4, -0.2) is 1.93 Å². The summed E-state index contributed by atoms with van der Waals surface area (Å²) in [7, 11) is 0. The van der Waals surface area contributed by atoms with E-state index in [0.717, 1.165) is 1.93 Å². The van der Waals surface area contributed by atoms with Crippen molar-refractivity contribution >= 4 is 45.2 Å². The van der Waals surface area contributed by atoms with Crippen LogP contribution in [0.5, 0.6) is 0 Å². The van der Waals surface area contributed by atoms with E-state index in [2.05, 4.69) is 52.1 Å². The Labute approximate surface area is 251 Å². The zero-order valence-corrected chi connectivity index (χ0v) is 28.6. The second kappa shape index (κ2) is 33.5. The molecule has 0 saturated heterocycles. The highest BCUT2D eigenvalue weighted by Gasteiger charge is 1.98. The summed E-state index contributed by atoms with van der Waals surface area (Å²) in [5.41, 5.74) is 0. The van der Waals surface area contributed by atoms with Crippen LogP contribution in [0.4, 0.5) is 0 Å². The molecule has 35 heavy (non-hydrogen) atoms. The highest BCUT2D eigenvalue weighted by Crippen LogP contribution is 2.19. The Morgan fingerprint density at radius 1 is 0.286 bits per heavy atom. The van der Waals surface area contributed by atoms with Crippen LogP contribution >= 0.6 is 45.2 Å². The van der Waals surface area contributed by atoms with Gasteiger partial charge in [0, 0.05) is 0 Å². The van der Waals surface area contributed by atoms with Gasteiger partial charge in [0.1, 0.15) is 0 Å². The van der Waals surface area contributed by atoms with Gasteiger partial charge in [-0.05, 0) is 6.42 Å². The van der Waals surface area contributed by atoms with Crippen molar-refractivity contribution in [2.45, 2.75) is 208 Å². The summed E-state index contributed by atoms with van der Waals surface area (Å²) >= 11 is 5.09. The highest BCUT2D eigenvalue weighted by molar-refractivity contribution is 14.2. The average Bonchev–Trinajstić information content (AvgIpc) is 2.85. The van der Waals surface area contributed by atoms with Crippen LogP contribution in [0, 0.1) is 0 Å². The second-order valence-electron chi connectivity index (χ2n) is 11.4. The minimum atomic E-state index is 0.837. The van der Waals surface area contributed by atoms with E-state index in [1.165, 1.54) is 199 Å². The highest BCUT2D eigenvalue weighted by atomic mass is 127. The third kappa shape index (κ3) is 35.5. The van der Waals surface area contributed by atoms with Crippen molar-refractivity contribution in [1.29, 1.82) is 0 Å². The number of rotatable bonds is 31. The van der Waals surface area contributed by atoms with Gasteiger partial charge in [-0.1, -0.05) is 245 Å². The summed E-state index contributed by atoms with van der Waals surface area (Å²) < 4.78 is 0.837. The Bertz CT molecular complexity index is 355. The molecule has 0 spiro atoms. The fraction of sp³-hybridized carbons (Fsp3) is 1.00. The molecule has 0 radical (unpaired) electrons. The van der Waals surface area contributed by atoms with Gasteiger partial charge < -0.3 is 0 Å². The summed E-state index contributed by atoms with van der Waals surface area (Å²) in [6.07, 6.45) is 45.8. The van der Waals surface area contributed by atoms with Crippen molar-refractivity contribution < 1.29 is 0 Å². The van der Waals surface area contributed by atoms with Gasteiger partial charge in [-0.25, -0.2) is 0 Å². The van der Waals surface area contributed by atoms with Crippen molar-refractivity contribution in [1.82, 2.24) is 0 Å². The molecule has 0 rings (SSSR count). The molecule has 0 N–H and O–H groups in total. The van der Waals surface area contributed by atoms with Crippen LogP contribution in [0.1, 0.15) is 206 Å². The molecule has 0 nitrogen and oxygen atoms in total. The van der Waals surface area contributed by atoms with Crippen LogP contribution in [0.15, 0.2) is 0 Å². The molecule has 0 bridgehead atoms. The lowest BCUT2D eigenvalue weighted by molar-refractivity contribution is 0.513. The first-order valence-corrected chi connectivity index (χ1v) is 19.0. The van der Waals surface area contributed by atoms with Gasteiger partial charge in [-0.2, -0.15) is 0 Å². The van der Waals surface area contributed by atoms with Gasteiger partial charge in [0.15, 0.2) is 0 Å². The van der Waals surface area contributed by atoms with Crippen molar-refractivity contribution in [2.75, 3.05) is 0 Å². The standard InChI is InChI=1S/C33H66I2/c1-2-3-4-5-6-7-8-9-10-11-12-13-14-15-16-17-18-19-20-21-22-23-24-25-26-27-28-29-30-31-32-33(34)35/h33H,2-32H2,1H3. The van der Waals surface area contributed by atoms with Gasteiger partial charge in [0.2, 0.25) is 0 Å². The first-order valence-electron chi connectivity index (χ1n) is 16.6. The minimum Gasteiger partial charge on any atom is -0.0710 e. The van der Waals surface area contributed by atoms with Gasteiger partial charge in [0.25, 0.3) is 0 Å². The smallest absolute Gasteiger partial charge is 0.0626 e. The summed E-state index contributed by atoms with van der Waals surface area (Å²) in [5, 5.41) is 0. The van der Waals surface area contributed by atoms with Crippen molar-refractivity contribution in [3.05, 3.63) is 0 Å². The van der Waals surface area contributed by atoms with Crippen molar-refractivity contribution in [3.63, 3.8) is 0 Å². The zero-order valence-electron chi connectivity index (χ0n) is 24.3. The molecule has 0 aliphatic rings. The second-order valence-corrected chi connectivity index (χ2v) is 16.8. The Morgan fingerprint density at radius 2 is 0.457 bits per heavy atom. The molecule has 0 aliphatic carbocycles. The molecule has 0 atom stereocenters. The number of hydrogen-bond acceptors (Lipinski definition) is 0. The van der Waals surface area contributed by atoms with E-state index in [9.17, 15) is 0 Å². The van der Waals surface area contributed by atoms with E-state index < -0.39 is 0 Å². The third-order valence-corrected chi connectivity index (χ3v) is 9.02. The topological polar surface area (TPSA) is 0 Å². The van der Waals surface area contributed by atoms with Gasteiger partial charge >= 0.3 is 0 Å². The molecule has 0 aromatic heterocycles. The summed E-state index contributed by atoms with van der Waals surface area (Å²) in [4.78, 5) is 0. The number of alkyl halides is 2. The molecule has 0 aromatic carbocycles. The molecular weight excluding hydrogens is 650 g/mol. The van der Waals surface area contributed by atoms with Gasteiger partial charge in [-0.3, -0.25) is 0 Å². The summed E-state index contributed by atoms with van der Waals surface area (Å²) in [5.74, 6) is 0. The fourth-order valence-corrected chi connectivity index (χ4v) is 6.20. The quantitative estimate of drug-likeness (QED) is 0.0381. The number of halogens is 2. The lowest BCUT2D eigenvalue weighted by Gasteiger charge is -2.05. The average molecular weight is 717 g/mol. The predicted molar refractivity (Wildman–Crippen MR) is 181 cm³/mol. The fourth-order valence-electron chi connectivity index (χ4n) is 5.32. The minimum absolute atomic E-state index is 0.837. The maximum absolute atomic E-state index is 2.54. The Kier molecular flexibility index (Phi) is 34.9. The predicted octanol–water partition coefficient (Wildman–Crippen LogP) is 14.3. The molecule has 0 aliphatic heterocycles. The third-order valence-electron chi connectivity index (χ3n) is 7.78. The van der Waals surface area contributed by atoms with Crippen LogP contribution in [0.25, 0.3) is 0 Å². The van der Waals surface area contributed by atoms with Gasteiger partial charge in [0.05, 0.1) is 1.93 Å². The van der Waals surface area contributed by atoms with Crippen molar-refractivity contribution in [3.8, 4) is 0 Å². The van der Waals surface area contributed by atoms with E-state index in [1.54, 1.807) is 0 Å².